The lowest BCUT2D eigenvalue weighted by Crippen LogP contribution is -2.25. The second-order valence-corrected chi connectivity index (χ2v) is 3.08. The molecule has 0 aliphatic rings. The van der Waals surface area contributed by atoms with Crippen LogP contribution in [-0.4, -0.2) is 31.3 Å². The zero-order valence-electron chi connectivity index (χ0n) is 8.48. The molecule has 16 heavy (non-hydrogen) atoms. The molecule has 0 spiro atoms. The van der Waals surface area contributed by atoms with Gasteiger partial charge in [0, 0.05) is 18.5 Å². The first-order chi connectivity index (χ1) is 7.74. The monoisotopic (exact) mass is 220 g/mol. The first-order valence-corrected chi connectivity index (χ1v) is 4.50. The molecule has 9 heteroatoms. The summed E-state index contributed by atoms with van der Waals surface area (Å²) in [6, 6.07) is 0. The van der Waals surface area contributed by atoms with Gasteiger partial charge in [-0.2, -0.15) is 5.10 Å². The van der Waals surface area contributed by atoms with E-state index in [1.165, 1.54) is 10.9 Å². The van der Waals surface area contributed by atoms with Crippen LogP contribution >= 0.6 is 0 Å². The van der Waals surface area contributed by atoms with Crippen LogP contribution in [0.15, 0.2) is 16.1 Å². The van der Waals surface area contributed by atoms with E-state index in [1.54, 1.807) is 7.05 Å². The number of fused-ring (bicyclic) bond motifs is 1. The summed E-state index contributed by atoms with van der Waals surface area (Å²) < 4.78 is 2.63. The molecule has 82 valence electrons. The van der Waals surface area contributed by atoms with Gasteiger partial charge in [-0.05, 0) is 5.53 Å². The number of aryl methyl sites for hydroxylation is 1. The summed E-state index contributed by atoms with van der Waals surface area (Å²) in [5.74, 6) is 0. The predicted octanol–water partition coefficient (Wildman–Crippen LogP) is -0.165. The zero-order chi connectivity index (χ0) is 11.5. The van der Waals surface area contributed by atoms with Gasteiger partial charge in [0.15, 0.2) is 5.65 Å². The second kappa shape index (κ2) is 3.99. The van der Waals surface area contributed by atoms with Crippen LogP contribution in [0.25, 0.3) is 21.5 Å². The predicted molar refractivity (Wildman–Crippen MR) is 54.6 cm³/mol. The first kappa shape index (κ1) is 10.1. The van der Waals surface area contributed by atoms with E-state index in [-0.39, 0.29) is 18.6 Å². The Balaban J connectivity index is 2.44. The van der Waals surface area contributed by atoms with Crippen LogP contribution in [0, 0.1) is 0 Å². The average molecular weight is 220 g/mol. The van der Waals surface area contributed by atoms with Gasteiger partial charge in [0.2, 0.25) is 0 Å². The summed E-state index contributed by atoms with van der Waals surface area (Å²) in [5.41, 5.74) is 8.26. The van der Waals surface area contributed by atoms with Crippen molar-refractivity contribution in [2.75, 3.05) is 6.54 Å². The van der Waals surface area contributed by atoms with Crippen molar-refractivity contribution in [1.82, 2.24) is 24.8 Å². The Morgan fingerprint density at radius 1 is 1.62 bits per heavy atom. The molecule has 0 unspecified atom stereocenters. The van der Waals surface area contributed by atoms with Crippen molar-refractivity contribution in [3.8, 4) is 0 Å². The van der Waals surface area contributed by atoms with E-state index >= 15 is 0 Å². The SMILES string of the molecule is Cn1ncc2c(=O)n(CCN=[N+]=[N-])nnc21. The molecule has 0 aliphatic carbocycles. The molecule has 0 saturated heterocycles. The third kappa shape index (κ3) is 1.59. The van der Waals surface area contributed by atoms with E-state index in [1.807, 2.05) is 0 Å². The summed E-state index contributed by atoms with van der Waals surface area (Å²) in [6.07, 6.45) is 1.44. The third-order valence-electron chi connectivity index (χ3n) is 2.09. The fraction of sp³-hybridized carbons (Fsp3) is 0.429. The van der Waals surface area contributed by atoms with Gasteiger partial charge in [-0.15, -0.1) is 5.10 Å². The fourth-order valence-electron chi connectivity index (χ4n) is 1.31. The Labute approximate surface area is 88.9 Å². The highest BCUT2D eigenvalue weighted by Gasteiger charge is 2.08. The van der Waals surface area contributed by atoms with Gasteiger partial charge in [0.05, 0.1) is 12.7 Å². The highest BCUT2D eigenvalue weighted by molar-refractivity contribution is 5.72. The Kier molecular flexibility index (Phi) is 2.52. The maximum absolute atomic E-state index is 11.8. The van der Waals surface area contributed by atoms with Gasteiger partial charge in [-0.1, -0.05) is 10.3 Å². The highest BCUT2D eigenvalue weighted by atomic mass is 16.1. The smallest absolute Gasteiger partial charge is 0.267 e. The number of aromatic nitrogens is 5. The second-order valence-electron chi connectivity index (χ2n) is 3.08. The third-order valence-corrected chi connectivity index (χ3v) is 2.09. The molecule has 2 heterocycles. The van der Waals surface area contributed by atoms with Crippen LogP contribution < -0.4 is 5.56 Å². The summed E-state index contributed by atoms with van der Waals surface area (Å²) in [6.45, 7) is 0.373. The van der Waals surface area contributed by atoms with Crippen molar-refractivity contribution in [2.24, 2.45) is 12.2 Å². The van der Waals surface area contributed by atoms with Crippen molar-refractivity contribution < 1.29 is 0 Å². The Bertz CT molecular complexity index is 619. The maximum atomic E-state index is 11.8. The van der Waals surface area contributed by atoms with E-state index in [4.69, 9.17) is 5.53 Å². The van der Waals surface area contributed by atoms with E-state index in [2.05, 4.69) is 25.4 Å². The molecule has 2 aromatic heterocycles. The van der Waals surface area contributed by atoms with Crippen molar-refractivity contribution in [1.29, 1.82) is 0 Å². The number of hydrogen-bond acceptors (Lipinski definition) is 5. The van der Waals surface area contributed by atoms with Crippen molar-refractivity contribution >= 4 is 11.0 Å². The van der Waals surface area contributed by atoms with Gasteiger partial charge < -0.3 is 0 Å². The van der Waals surface area contributed by atoms with Crippen LogP contribution in [0.1, 0.15) is 0 Å². The molecule has 0 bridgehead atoms. The summed E-state index contributed by atoms with van der Waals surface area (Å²) in [7, 11) is 1.68. The lowest BCUT2D eigenvalue weighted by Gasteiger charge is -1.99. The van der Waals surface area contributed by atoms with Gasteiger partial charge in [0.25, 0.3) is 5.56 Å². The van der Waals surface area contributed by atoms with E-state index < -0.39 is 0 Å². The van der Waals surface area contributed by atoms with E-state index in [0.717, 1.165) is 4.68 Å². The van der Waals surface area contributed by atoms with Crippen LogP contribution in [0.4, 0.5) is 0 Å². The molecule has 0 fully saturated rings. The molecule has 0 aliphatic heterocycles. The van der Waals surface area contributed by atoms with E-state index in [0.29, 0.717) is 11.0 Å². The summed E-state index contributed by atoms with van der Waals surface area (Å²) in [4.78, 5) is 14.4. The summed E-state index contributed by atoms with van der Waals surface area (Å²) >= 11 is 0. The Morgan fingerprint density at radius 3 is 3.19 bits per heavy atom. The van der Waals surface area contributed by atoms with Crippen LogP contribution in [-0.2, 0) is 13.6 Å². The molecule has 0 saturated carbocycles. The fourth-order valence-corrected chi connectivity index (χ4v) is 1.31. The molecule has 0 N–H and O–H groups in total. The van der Waals surface area contributed by atoms with Gasteiger partial charge in [-0.3, -0.25) is 4.79 Å². The van der Waals surface area contributed by atoms with Crippen molar-refractivity contribution in [3.05, 3.63) is 27.0 Å². The minimum Gasteiger partial charge on any atom is -0.267 e. The largest absolute Gasteiger partial charge is 0.280 e. The van der Waals surface area contributed by atoms with Crippen LogP contribution in [0.2, 0.25) is 0 Å². The lowest BCUT2D eigenvalue weighted by molar-refractivity contribution is 0.554. The molecule has 9 nitrogen and oxygen atoms in total. The number of azide groups is 1. The standard InChI is InChI=1S/C7H8N8O/c1-14-6-5(4-10-14)7(16)15(13-11-6)3-2-9-12-8/h4H,2-3H2,1H3. The number of hydrogen-bond donors (Lipinski definition) is 0. The normalized spacial score (nSPS) is 10.3. The van der Waals surface area contributed by atoms with Gasteiger partial charge in [-0.25, -0.2) is 9.36 Å². The van der Waals surface area contributed by atoms with Crippen LogP contribution in [0.3, 0.4) is 0 Å². The van der Waals surface area contributed by atoms with Crippen molar-refractivity contribution in [3.63, 3.8) is 0 Å². The van der Waals surface area contributed by atoms with Crippen LogP contribution in [0.5, 0.6) is 0 Å². The number of rotatable bonds is 3. The summed E-state index contributed by atoms with van der Waals surface area (Å²) in [5, 5.41) is 15.2. The molecule has 2 rings (SSSR count). The van der Waals surface area contributed by atoms with E-state index in [9.17, 15) is 4.79 Å². The molecule has 2 aromatic rings. The molecular formula is C7H8N8O. The Hall–Kier alpha value is -2.41. The maximum Gasteiger partial charge on any atom is 0.280 e. The Morgan fingerprint density at radius 2 is 2.44 bits per heavy atom. The zero-order valence-corrected chi connectivity index (χ0v) is 8.48. The molecular weight excluding hydrogens is 212 g/mol. The highest BCUT2D eigenvalue weighted by Crippen LogP contribution is 2.01. The molecule has 0 amide bonds. The first-order valence-electron chi connectivity index (χ1n) is 4.50. The minimum absolute atomic E-state index is 0.164. The number of nitrogens with zero attached hydrogens (tertiary/aromatic N) is 8. The minimum atomic E-state index is -0.286. The molecule has 0 radical (unpaired) electrons. The molecule has 0 aromatic carbocycles. The lowest BCUT2D eigenvalue weighted by atomic mass is 10.4. The average Bonchev–Trinajstić information content (AvgIpc) is 2.65. The molecule has 0 atom stereocenters. The quantitative estimate of drug-likeness (QED) is 0.405. The van der Waals surface area contributed by atoms with Gasteiger partial charge >= 0.3 is 0 Å². The topological polar surface area (TPSA) is 114 Å². The van der Waals surface area contributed by atoms with Gasteiger partial charge in [0.1, 0.15) is 5.39 Å². The van der Waals surface area contributed by atoms with Crippen molar-refractivity contribution in [2.45, 2.75) is 6.54 Å².